The summed E-state index contributed by atoms with van der Waals surface area (Å²) in [5, 5.41) is 13.4. The molecule has 3 atom stereocenters. The molecule has 0 saturated heterocycles. The van der Waals surface area contributed by atoms with Gasteiger partial charge in [0.15, 0.2) is 5.37 Å². The molecule has 0 aromatic rings. The minimum Gasteiger partial charge on any atom is -0.343 e. The first kappa shape index (κ1) is 18.1. The van der Waals surface area contributed by atoms with Crippen molar-refractivity contribution < 1.29 is 4.79 Å². The SMILES string of the molecule is C=NNC(C#CC1CC1C)SCNC(=O)/C(C=N)=C\C(=C)C. The molecule has 1 aliphatic rings. The van der Waals surface area contributed by atoms with E-state index in [1.807, 2.05) is 0 Å². The fourth-order valence-corrected chi connectivity index (χ4v) is 2.31. The van der Waals surface area contributed by atoms with Gasteiger partial charge < -0.3 is 10.7 Å². The van der Waals surface area contributed by atoms with Crippen LogP contribution in [0.5, 0.6) is 0 Å². The quantitative estimate of drug-likeness (QED) is 0.160. The molecule has 0 spiro atoms. The number of nitrogens with one attached hydrogen (secondary N) is 3. The van der Waals surface area contributed by atoms with E-state index in [1.54, 1.807) is 13.0 Å². The lowest BCUT2D eigenvalue weighted by Crippen LogP contribution is -2.28. The normalized spacial score (nSPS) is 20.9. The lowest BCUT2D eigenvalue weighted by atomic mass is 10.2. The van der Waals surface area contributed by atoms with Gasteiger partial charge in [-0.25, -0.2) is 0 Å². The van der Waals surface area contributed by atoms with Gasteiger partial charge in [-0.1, -0.05) is 30.9 Å². The molecular weight excluding hydrogens is 296 g/mol. The molecule has 0 heterocycles. The molecule has 1 saturated carbocycles. The zero-order valence-electron chi connectivity index (χ0n) is 13.0. The van der Waals surface area contributed by atoms with Gasteiger partial charge in [-0.15, -0.1) is 11.8 Å². The number of amides is 1. The Morgan fingerprint density at radius 2 is 2.32 bits per heavy atom. The van der Waals surface area contributed by atoms with E-state index < -0.39 is 0 Å². The van der Waals surface area contributed by atoms with E-state index >= 15 is 0 Å². The van der Waals surface area contributed by atoms with Crippen LogP contribution in [0.25, 0.3) is 0 Å². The van der Waals surface area contributed by atoms with E-state index in [4.69, 9.17) is 5.41 Å². The van der Waals surface area contributed by atoms with Gasteiger partial charge in [0, 0.05) is 18.9 Å². The largest absolute Gasteiger partial charge is 0.343 e. The van der Waals surface area contributed by atoms with Crippen LogP contribution in [-0.2, 0) is 4.79 Å². The van der Waals surface area contributed by atoms with Crippen molar-refractivity contribution in [2.75, 3.05) is 5.88 Å². The van der Waals surface area contributed by atoms with Crippen LogP contribution in [0.2, 0.25) is 0 Å². The van der Waals surface area contributed by atoms with Crippen LogP contribution >= 0.6 is 11.8 Å². The number of carbonyl (C=O) groups is 1. The first-order valence-electron chi connectivity index (χ1n) is 6.97. The molecule has 1 amide bonds. The van der Waals surface area contributed by atoms with Crippen LogP contribution in [0.3, 0.4) is 0 Å². The first-order valence-corrected chi connectivity index (χ1v) is 8.02. The van der Waals surface area contributed by atoms with Crippen LogP contribution in [0.15, 0.2) is 28.9 Å². The Kier molecular flexibility index (Phi) is 7.47. The van der Waals surface area contributed by atoms with Crippen molar-refractivity contribution in [2.45, 2.75) is 25.6 Å². The average molecular weight is 318 g/mol. The van der Waals surface area contributed by atoms with E-state index in [-0.39, 0.29) is 16.9 Å². The molecule has 6 heteroatoms. The van der Waals surface area contributed by atoms with Crippen LogP contribution in [-0.4, -0.2) is 30.1 Å². The van der Waals surface area contributed by atoms with Crippen LogP contribution in [0.1, 0.15) is 20.3 Å². The monoisotopic (exact) mass is 318 g/mol. The van der Waals surface area contributed by atoms with Gasteiger partial charge in [0.05, 0.1) is 11.4 Å². The molecular formula is C16H22N4OS. The molecule has 5 nitrogen and oxygen atoms in total. The van der Waals surface area contributed by atoms with Crippen molar-refractivity contribution in [3.63, 3.8) is 0 Å². The number of carbonyl (C=O) groups excluding carboxylic acids is 1. The molecule has 1 aliphatic carbocycles. The number of hydrazone groups is 1. The molecule has 118 valence electrons. The summed E-state index contributed by atoms with van der Waals surface area (Å²) in [4.78, 5) is 11.9. The first-order chi connectivity index (χ1) is 10.5. The molecule has 0 bridgehead atoms. The summed E-state index contributed by atoms with van der Waals surface area (Å²) in [6, 6.07) is 0. The van der Waals surface area contributed by atoms with Crippen LogP contribution < -0.4 is 10.7 Å². The van der Waals surface area contributed by atoms with Gasteiger partial charge in [-0.2, -0.15) is 5.10 Å². The molecule has 0 aromatic heterocycles. The molecule has 1 fully saturated rings. The maximum absolute atomic E-state index is 11.9. The summed E-state index contributed by atoms with van der Waals surface area (Å²) in [5.41, 5.74) is 3.81. The third-order valence-corrected chi connectivity index (χ3v) is 3.89. The molecule has 0 aromatic carbocycles. The van der Waals surface area contributed by atoms with E-state index in [1.165, 1.54) is 11.8 Å². The van der Waals surface area contributed by atoms with Gasteiger partial charge in [-0.3, -0.25) is 10.2 Å². The van der Waals surface area contributed by atoms with Gasteiger partial charge in [0.2, 0.25) is 0 Å². The molecule has 3 unspecified atom stereocenters. The minimum absolute atomic E-state index is 0.209. The Morgan fingerprint density at radius 3 is 2.82 bits per heavy atom. The second kappa shape index (κ2) is 9.11. The molecule has 22 heavy (non-hydrogen) atoms. The third kappa shape index (κ3) is 6.64. The predicted octanol–water partition coefficient (Wildman–Crippen LogP) is 2.14. The second-order valence-electron chi connectivity index (χ2n) is 5.18. The summed E-state index contributed by atoms with van der Waals surface area (Å²) < 4.78 is 0. The van der Waals surface area contributed by atoms with Gasteiger partial charge in [-0.05, 0) is 25.3 Å². The van der Waals surface area contributed by atoms with Crippen LogP contribution in [0.4, 0.5) is 0 Å². The Balaban J connectivity index is 2.45. The lowest BCUT2D eigenvalue weighted by Gasteiger charge is -2.10. The third-order valence-electron chi connectivity index (χ3n) is 3.02. The van der Waals surface area contributed by atoms with Crippen molar-refractivity contribution in [1.82, 2.24) is 10.7 Å². The second-order valence-corrected chi connectivity index (χ2v) is 6.28. The summed E-state index contributed by atoms with van der Waals surface area (Å²) in [5.74, 6) is 7.52. The van der Waals surface area contributed by atoms with E-state index in [0.717, 1.165) is 18.2 Å². The Hall–Kier alpha value is -2.00. The fourth-order valence-electron chi connectivity index (χ4n) is 1.63. The van der Waals surface area contributed by atoms with Crippen molar-refractivity contribution in [2.24, 2.45) is 16.9 Å². The fraction of sp³-hybridized carbons (Fsp3) is 0.438. The van der Waals surface area contributed by atoms with E-state index in [2.05, 4.69) is 47.9 Å². The summed E-state index contributed by atoms with van der Waals surface area (Å²) >= 11 is 1.42. The number of nitrogens with zero attached hydrogens (tertiary/aromatic N) is 1. The highest BCUT2D eigenvalue weighted by molar-refractivity contribution is 8.00. The van der Waals surface area contributed by atoms with Crippen molar-refractivity contribution in [3.8, 4) is 11.8 Å². The van der Waals surface area contributed by atoms with E-state index in [9.17, 15) is 4.79 Å². The summed E-state index contributed by atoms with van der Waals surface area (Å²) in [7, 11) is 0. The summed E-state index contributed by atoms with van der Waals surface area (Å²) in [6.07, 6.45) is 3.74. The topological polar surface area (TPSA) is 77.3 Å². The van der Waals surface area contributed by atoms with Crippen molar-refractivity contribution in [3.05, 3.63) is 23.8 Å². The molecule has 1 rings (SSSR count). The van der Waals surface area contributed by atoms with Crippen LogP contribution in [0, 0.1) is 29.1 Å². The zero-order chi connectivity index (χ0) is 16.5. The number of allylic oxidation sites excluding steroid dienone is 2. The maximum Gasteiger partial charge on any atom is 0.253 e. The Morgan fingerprint density at radius 1 is 1.64 bits per heavy atom. The molecule has 3 N–H and O–H groups in total. The number of thioether (sulfide) groups is 1. The highest BCUT2D eigenvalue weighted by Gasteiger charge is 2.30. The maximum atomic E-state index is 11.9. The van der Waals surface area contributed by atoms with E-state index in [0.29, 0.717) is 17.7 Å². The minimum atomic E-state index is -0.306. The zero-order valence-corrected chi connectivity index (χ0v) is 13.8. The Bertz CT molecular complexity index is 544. The van der Waals surface area contributed by atoms with Gasteiger partial charge >= 0.3 is 0 Å². The molecule has 0 aliphatic heterocycles. The number of hydrogen-bond acceptors (Lipinski definition) is 5. The molecule has 0 radical (unpaired) electrons. The highest BCUT2D eigenvalue weighted by Crippen LogP contribution is 2.36. The summed E-state index contributed by atoms with van der Waals surface area (Å²) in [6.45, 7) is 11.0. The van der Waals surface area contributed by atoms with Gasteiger partial charge in [0.1, 0.15) is 0 Å². The number of hydrogen-bond donors (Lipinski definition) is 3. The standard InChI is InChI=1S/C16H22N4OS/c1-11(2)7-14(9-17)16(21)19-10-22-15(20-18-4)6-5-13-8-12(13)3/h7,9,12-13,15,17,20H,1,4,8,10H2,2-3H3,(H,19,21)/b14-7-,17-9?. The highest BCUT2D eigenvalue weighted by atomic mass is 32.2. The Labute approximate surface area is 136 Å². The van der Waals surface area contributed by atoms with Crippen molar-refractivity contribution >= 4 is 30.6 Å². The lowest BCUT2D eigenvalue weighted by molar-refractivity contribution is -0.116. The van der Waals surface area contributed by atoms with Gasteiger partial charge in [0.25, 0.3) is 5.91 Å². The average Bonchev–Trinajstić information content (AvgIpc) is 3.17. The number of rotatable bonds is 8. The predicted molar refractivity (Wildman–Crippen MR) is 93.8 cm³/mol. The van der Waals surface area contributed by atoms with Crippen molar-refractivity contribution in [1.29, 1.82) is 5.41 Å². The smallest absolute Gasteiger partial charge is 0.253 e.